The molecule has 182 valence electrons. The Morgan fingerprint density at radius 1 is 1.00 bits per heavy atom. The smallest absolute Gasteiger partial charge is 0.310 e. The highest BCUT2D eigenvalue weighted by Crippen LogP contribution is 2.36. The topological polar surface area (TPSA) is 49.9 Å². The number of ether oxygens (including phenoxy) is 1. The second kappa shape index (κ2) is 11.1. The molecular formula is C27H32F2N2O3. The molecule has 1 amide bonds. The number of likely N-dealkylation sites (tertiary alicyclic amines) is 2. The number of hydrogen-bond acceptors (Lipinski definition) is 4. The Morgan fingerprint density at radius 3 is 2.53 bits per heavy atom. The van der Waals surface area contributed by atoms with Crippen molar-refractivity contribution in [1.29, 1.82) is 0 Å². The van der Waals surface area contributed by atoms with Crippen molar-refractivity contribution >= 4 is 11.9 Å². The summed E-state index contributed by atoms with van der Waals surface area (Å²) < 4.78 is 33.1. The van der Waals surface area contributed by atoms with Crippen LogP contribution in [-0.4, -0.2) is 47.9 Å². The normalized spacial score (nSPS) is 23.5. The minimum Gasteiger partial charge on any atom is -0.466 e. The maximum Gasteiger partial charge on any atom is 0.310 e. The van der Waals surface area contributed by atoms with Gasteiger partial charge in [-0.15, -0.1) is 0 Å². The van der Waals surface area contributed by atoms with E-state index in [0.29, 0.717) is 38.3 Å². The quantitative estimate of drug-likeness (QED) is 0.574. The molecule has 2 aromatic rings. The zero-order valence-corrected chi connectivity index (χ0v) is 19.6. The minimum atomic E-state index is -0.603. The summed E-state index contributed by atoms with van der Waals surface area (Å²) in [7, 11) is 0. The molecule has 0 saturated carbocycles. The van der Waals surface area contributed by atoms with Gasteiger partial charge in [0.2, 0.25) is 5.91 Å². The standard InChI is InChI=1S/C27H32F2N2O3/c1-2-34-27(33)22-9-6-14-30(18-22)26(32)21-11-13-25(19-7-4-3-5-8-19)31(17-21)16-20-10-12-23(28)15-24(20)29/h3-5,7-8,10,12,15,21-22,25H,2,6,9,11,13-14,16-18H2,1H3/t21-,22+,25+/m0/s1. The molecule has 5 nitrogen and oxygen atoms in total. The summed E-state index contributed by atoms with van der Waals surface area (Å²) in [4.78, 5) is 29.6. The number of rotatable bonds is 6. The molecule has 0 spiro atoms. The average molecular weight is 471 g/mol. The van der Waals surface area contributed by atoms with Crippen LogP contribution in [0.5, 0.6) is 0 Å². The third-order valence-corrected chi connectivity index (χ3v) is 6.96. The fraction of sp³-hybridized carbons (Fsp3) is 0.481. The number of hydrogen-bond donors (Lipinski definition) is 0. The fourth-order valence-electron chi connectivity index (χ4n) is 5.23. The summed E-state index contributed by atoms with van der Waals surface area (Å²) in [5.41, 5.74) is 1.53. The Balaban J connectivity index is 1.50. The van der Waals surface area contributed by atoms with E-state index in [-0.39, 0.29) is 29.8 Å². The molecule has 2 heterocycles. The molecule has 7 heteroatoms. The third-order valence-electron chi connectivity index (χ3n) is 6.96. The van der Waals surface area contributed by atoms with E-state index in [9.17, 15) is 18.4 Å². The van der Waals surface area contributed by atoms with Crippen LogP contribution in [0.25, 0.3) is 0 Å². The Hall–Kier alpha value is -2.80. The molecule has 2 aliphatic heterocycles. The maximum atomic E-state index is 14.5. The van der Waals surface area contributed by atoms with E-state index in [1.165, 1.54) is 12.1 Å². The first-order valence-electron chi connectivity index (χ1n) is 12.1. The minimum absolute atomic E-state index is 0.0448. The predicted molar refractivity (Wildman–Crippen MR) is 125 cm³/mol. The lowest BCUT2D eigenvalue weighted by atomic mass is 9.87. The molecular weight excluding hydrogens is 438 g/mol. The molecule has 0 unspecified atom stereocenters. The summed E-state index contributed by atoms with van der Waals surface area (Å²) in [6, 6.07) is 13.7. The van der Waals surface area contributed by atoms with Gasteiger partial charge < -0.3 is 9.64 Å². The van der Waals surface area contributed by atoms with Crippen LogP contribution in [0.15, 0.2) is 48.5 Å². The molecule has 2 fully saturated rings. The summed E-state index contributed by atoms with van der Waals surface area (Å²) in [6.07, 6.45) is 3.00. The van der Waals surface area contributed by atoms with Crippen LogP contribution in [0.1, 0.15) is 49.8 Å². The van der Waals surface area contributed by atoms with Crippen molar-refractivity contribution in [2.75, 3.05) is 26.2 Å². The van der Waals surface area contributed by atoms with Gasteiger partial charge in [-0.05, 0) is 44.2 Å². The number of piperidine rings is 2. The average Bonchev–Trinajstić information content (AvgIpc) is 2.86. The SMILES string of the molecule is CCOC(=O)[C@@H]1CCCN(C(=O)[C@H]2CC[C@H](c3ccccc3)N(Cc3ccc(F)cc3F)C2)C1. The third kappa shape index (κ3) is 5.63. The van der Waals surface area contributed by atoms with Crippen molar-refractivity contribution in [2.45, 2.75) is 45.2 Å². The van der Waals surface area contributed by atoms with E-state index in [2.05, 4.69) is 17.0 Å². The molecule has 2 aromatic carbocycles. The second-order valence-electron chi connectivity index (χ2n) is 9.24. The Morgan fingerprint density at radius 2 is 1.79 bits per heavy atom. The fourth-order valence-corrected chi connectivity index (χ4v) is 5.23. The van der Waals surface area contributed by atoms with Gasteiger partial charge in [-0.3, -0.25) is 14.5 Å². The van der Waals surface area contributed by atoms with E-state index in [4.69, 9.17) is 4.74 Å². The van der Waals surface area contributed by atoms with E-state index >= 15 is 0 Å². The van der Waals surface area contributed by atoms with Crippen LogP contribution < -0.4 is 0 Å². The number of benzene rings is 2. The summed E-state index contributed by atoms with van der Waals surface area (Å²) in [5, 5.41) is 0. The molecule has 3 atom stereocenters. The Bertz CT molecular complexity index is 1000. The monoisotopic (exact) mass is 470 g/mol. The lowest BCUT2D eigenvalue weighted by Crippen LogP contribution is -2.49. The first-order chi connectivity index (χ1) is 16.5. The largest absolute Gasteiger partial charge is 0.466 e. The molecule has 2 saturated heterocycles. The molecule has 0 N–H and O–H groups in total. The van der Waals surface area contributed by atoms with Crippen LogP contribution in [0.2, 0.25) is 0 Å². The predicted octanol–water partition coefficient (Wildman–Crippen LogP) is 4.72. The molecule has 2 aliphatic rings. The second-order valence-corrected chi connectivity index (χ2v) is 9.24. The van der Waals surface area contributed by atoms with Gasteiger partial charge in [-0.1, -0.05) is 36.4 Å². The van der Waals surface area contributed by atoms with Crippen molar-refractivity contribution in [2.24, 2.45) is 11.8 Å². The summed E-state index contributed by atoms with van der Waals surface area (Å²) >= 11 is 0. The zero-order valence-electron chi connectivity index (χ0n) is 19.6. The van der Waals surface area contributed by atoms with E-state index < -0.39 is 11.6 Å². The van der Waals surface area contributed by atoms with Crippen molar-refractivity contribution < 1.29 is 23.1 Å². The van der Waals surface area contributed by atoms with Crippen LogP contribution in [0.4, 0.5) is 8.78 Å². The zero-order chi connectivity index (χ0) is 24.1. The molecule has 4 rings (SSSR count). The molecule has 34 heavy (non-hydrogen) atoms. The lowest BCUT2D eigenvalue weighted by Gasteiger charge is -2.42. The van der Waals surface area contributed by atoms with Gasteiger partial charge in [0, 0.05) is 43.9 Å². The van der Waals surface area contributed by atoms with Gasteiger partial charge in [0.05, 0.1) is 18.4 Å². The summed E-state index contributed by atoms with van der Waals surface area (Å²) in [5.74, 6) is -1.87. The van der Waals surface area contributed by atoms with E-state index in [0.717, 1.165) is 37.3 Å². The number of carbonyl (C=O) groups excluding carboxylic acids is 2. The maximum absolute atomic E-state index is 14.5. The lowest BCUT2D eigenvalue weighted by molar-refractivity contribution is -0.152. The number of halogens is 2. The summed E-state index contributed by atoms with van der Waals surface area (Å²) in [6.45, 7) is 3.93. The van der Waals surface area contributed by atoms with Gasteiger partial charge in [0.1, 0.15) is 11.6 Å². The van der Waals surface area contributed by atoms with E-state index in [1.807, 2.05) is 18.2 Å². The first kappa shape index (κ1) is 24.3. The molecule has 0 radical (unpaired) electrons. The molecule has 0 aliphatic carbocycles. The van der Waals surface area contributed by atoms with Crippen LogP contribution >= 0.6 is 0 Å². The number of carbonyl (C=O) groups is 2. The number of nitrogens with zero attached hydrogens (tertiary/aromatic N) is 2. The Kier molecular flexibility index (Phi) is 7.93. The van der Waals surface area contributed by atoms with Crippen molar-refractivity contribution in [3.63, 3.8) is 0 Å². The highest BCUT2D eigenvalue weighted by atomic mass is 19.1. The van der Waals surface area contributed by atoms with Gasteiger partial charge in [-0.25, -0.2) is 8.78 Å². The first-order valence-corrected chi connectivity index (χ1v) is 12.1. The van der Waals surface area contributed by atoms with Crippen molar-refractivity contribution in [3.8, 4) is 0 Å². The number of amides is 1. The van der Waals surface area contributed by atoms with Gasteiger partial charge in [0.15, 0.2) is 0 Å². The highest BCUT2D eigenvalue weighted by Gasteiger charge is 2.37. The van der Waals surface area contributed by atoms with Gasteiger partial charge >= 0.3 is 5.97 Å². The van der Waals surface area contributed by atoms with Crippen LogP contribution in [0, 0.1) is 23.5 Å². The highest BCUT2D eigenvalue weighted by molar-refractivity contribution is 5.81. The van der Waals surface area contributed by atoms with E-state index in [1.54, 1.807) is 11.8 Å². The van der Waals surface area contributed by atoms with Gasteiger partial charge in [0.25, 0.3) is 0 Å². The van der Waals surface area contributed by atoms with Crippen LogP contribution in [-0.2, 0) is 20.9 Å². The molecule has 0 bridgehead atoms. The number of esters is 1. The Labute approximate surface area is 199 Å². The van der Waals surface area contributed by atoms with Crippen molar-refractivity contribution in [1.82, 2.24) is 9.80 Å². The van der Waals surface area contributed by atoms with Crippen LogP contribution in [0.3, 0.4) is 0 Å². The van der Waals surface area contributed by atoms with Gasteiger partial charge in [-0.2, -0.15) is 0 Å². The molecule has 0 aromatic heterocycles. The van der Waals surface area contributed by atoms with Crippen molar-refractivity contribution in [3.05, 3.63) is 71.3 Å².